The molecule has 0 aliphatic carbocycles. The summed E-state index contributed by atoms with van der Waals surface area (Å²) >= 11 is 0. The molecule has 0 unspecified atom stereocenters. The number of aliphatic hydroxyl groups excluding tert-OH is 2. The van der Waals surface area contributed by atoms with Gasteiger partial charge < -0.3 is 14.9 Å². The van der Waals surface area contributed by atoms with Crippen molar-refractivity contribution in [3.63, 3.8) is 0 Å². The molecule has 106 valence electrons. The summed E-state index contributed by atoms with van der Waals surface area (Å²) in [4.78, 5) is 23.6. The lowest BCUT2D eigenvalue weighted by Crippen LogP contribution is -2.43. The van der Waals surface area contributed by atoms with Gasteiger partial charge in [-0.1, -0.05) is 0 Å². The summed E-state index contributed by atoms with van der Waals surface area (Å²) in [6.07, 6.45) is -6.04. The van der Waals surface area contributed by atoms with Gasteiger partial charge in [0, 0.05) is 0 Å². The Morgan fingerprint density at radius 2 is 2.11 bits per heavy atom. The van der Waals surface area contributed by atoms with Gasteiger partial charge in [0.2, 0.25) is 12.0 Å². The fraction of sp³-hybridized carbons (Fsp3) is 0.556. The van der Waals surface area contributed by atoms with Crippen molar-refractivity contribution in [3.05, 3.63) is 32.9 Å². The van der Waals surface area contributed by atoms with E-state index in [1.165, 1.54) is 4.98 Å². The Hall–Kier alpha value is -1.65. The molecular formula is C9H9F3N2O5. The molecule has 7 nitrogen and oxygen atoms in total. The number of halogens is 3. The van der Waals surface area contributed by atoms with Gasteiger partial charge in [-0.3, -0.25) is 14.3 Å². The summed E-state index contributed by atoms with van der Waals surface area (Å²) in [6.45, 7) is -0.909. The smallest absolute Gasteiger partial charge is 0.330 e. The molecule has 1 fully saturated rings. The molecule has 1 aromatic rings. The van der Waals surface area contributed by atoms with Crippen LogP contribution in [0.4, 0.5) is 13.2 Å². The summed E-state index contributed by atoms with van der Waals surface area (Å²) < 4.78 is 45.1. The summed E-state index contributed by atoms with van der Waals surface area (Å²) in [7, 11) is 0. The number of alkyl halides is 2. The molecule has 1 aliphatic rings. The predicted molar refractivity (Wildman–Crippen MR) is 53.2 cm³/mol. The van der Waals surface area contributed by atoms with Crippen molar-refractivity contribution >= 4 is 0 Å². The van der Waals surface area contributed by atoms with E-state index in [9.17, 15) is 27.9 Å². The molecule has 1 aliphatic heterocycles. The summed E-state index contributed by atoms with van der Waals surface area (Å²) in [6, 6.07) is 0. The van der Waals surface area contributed by atoms with Crippen LogP contribution in [0.3, 0.4) is 0 Å². The lowest BCUT2D eigenvalue weighted by molar-refractivity contribution is -0.141. The predicted octanol–water partition coefficient (Wildman–Crippen LogP) is -1.44. The molecule has 10 heteroatoms. The number of aromatic nitrogens is 2. The normalized spacial score (nSPS) is 29.6. The molecule has 1 saturated heterocycles. The van der Waals surface area contributed by atoms with E-state index < -0.39 is 48.0 Å². The first kappa shape index (κ1) is 13.8. The minimum Gasteiger partial charge on any atom is -0.394 e. The summed E-state index contributed by atoms with van der Waals surface area (Å²) in [5.41, 5.74) is -2.68. The number of rotatable bonds is 2. The van der Waals surface area contributed by atoms with Crippen molar-refractivity contribution in [2.45, 2.75) is 24.4 Å². The number of nitrogens with one attached hydrogen (secondary N) is 1. The number of hydrogen-bond donors (Lipinski definition) is 3. The van der Waals surface area contributed by atoms with Gasteiger partial charge in [-0.25, -0.2) is 4.79 Å². The van der Waals surface area contributed by atoms with E-state index in [2.05, 4.69) is 4.74 Å². The van der Waals surface area contributed by atoms with Gasteiger partial charge in [0.05, 0.1) is 12.8 Å². The van der Waals surface area contributed by atoms with Crippen molar-refractivity contribution in [3.8, 4) is 0 Å². The summed E-state index contributed by atoms with van der Waals surface area (Å²) in [5, 5.41) is 18.0. The zero-order chi connectivity index (χ0) is 14.4. The minimum absolute atomic E-state index is 0.121. The summed E-state index contributed by atoms with van der Waals surface area (Å²) in [5.74, 6) is -5.39. The second-order valence-corrected chi connectivity index (χ2v) is 3.97. The lowest BCUT2D eigenvalue weighted by Gasteiger charge is -2.20. The Kier molecular flexibility index (Phi) is 3.24. The van der Waals surface area contributed by atoms with Crippen molar-refractivity contribution in [1.82, 2.24) is 9.55 Å². The van der Waals surface area contributed by atoms with Crippen LogP contribution in [0.25, 0.3) is 0 Å². The molecule has 19 heavy (non-hydrogen) atoms. The zero-order valence-electron chi connectivity index (χ0n) is 9.22. The lowest BCUT2D eigenvalue weighted by atomic mass is 10.1. The molecule has 0 spiro atoms. The zero-order valence-corrected chi connectivity index (χ0v) is 9.22. The number of H-pyrrole nitrogens is 1. The quantitative estimate of drug-likeness (QED) is 0.616. The topological polar surface area (TPSA) is 105 Å². The molecular weight excluding hydrogens is 273 g/mol. The third-order valence-electron chi connectivity index (χ3n) is 2.74. The number of hydrogen-bond acceptors (Lipinski definition) is 5. The highest BCUT2D eigenvalue weighted by molar-refractivity contribution is 4.98. The molecule has 0 radical (unpaired) electrons. The fourth-order valence-electron chi connectivity index (χ4n) is 1.75. The standard InChI is InChI=1S/C9H9F3N2O5/c10-3-1-14(8(18)13-6(3)17)7-9(11,12)5(16)4(2-15)19-7/h1,4-5,7,15-16H,2H2,(H,13,17,18)/t4-,5-,7-/m0/s1. The third kappa shape index (κ3) is 2.07. The second kappa shape index (κ2) is 4.47. The van der Waals surface area contributed by atoms with Crippen molar-refractivity contribution < 1.29 is 28.1 Å². The van der Waals surface area contributed by atoms with Crippen molar-refractivity contribution in [2.75, 3.05) is 6.61 Å². The number of aromatic amines is 1. The molecule has 3 N–H and O–H groups in total. The molecule has 1 aromatic heterocycles. The molecule has 3 atom stereocenters. The Morgan fingerprint density at radius 1 is 1.47 bits per heavy atom. The maximum atomic E-state index is 13.7. The van der Waals surface area contributed by atoms with E-state index in [4.69, 9.17) is 5.11 Å². The molecule has 0 aromatic carbocycles. The highest BCUT2D eigenvalue weighted by Gasteiger charge is 2.59. The number of nitrogens with zero attached hydrogens (tertiary/aromatic N) is 1. The van der Waals surface area contributed by atoms with Gasteiger partial charge in [0.1, 0.15) is 6.10 Å². The number of ether oxygens (including phenoxy) is 1. The van der Waals surface area contributed by atoms with Crippen LogP contribution in [0.15, 0.2) is 15.8 Å². The molecule has 0 amide bonds. The van der Waals surface area contributed by atoms with E-state index in [0.29, 0.717) is 0 Å². The highest BCUT2D eigenvalue weighted by Crippen LogP contribution is 2.41. The van der Waals surface area contributed by atoms with E-state index in [1.54, 1.807) is 0 Å². The molecule has 2 heterocycles. The Labute approximate surface area is 102 Å². The first-order valence-corrected chi connectivity index (χ1v) is 5.12. The van der Waals surface area contributed by atoms with Crippen LogP contribution in [0.5, 0.6) is 0 Å². The molecule has 0 saturated carbocycles. The van der Waals surface area contributed by atoms with Gasteiger partial charge in [-0.05, 0) is 0 Å². The maximum absolute atomic E-state index is 13.7. The van der Waals surface area contributed by atoms with Crippen molar-refractivity contribution in [1.29, 1.82) is 0 Å². The largest absolute Gasteiger partial charge is 0.394 e. The first-order chi connectivity index (χ1) is 8.78. The Balaban J connectivity index is 2.51. The maximum Gasteiger partial charge on any atom is 0.330 e. The monoisotopic (exact) mass is 282 g/mol. The van der Waals surface area contributed by atoms with E-state index >= 15 is 0 Å². The van der Waals surface area contributed by atoms with Gasteiger partial charge in [0.15, 0.2) is 6.10 Å². The van der Waals surface area contributed by atoms with Crippen LogP contribution >= 0.6 is 0 Å². The van der Waals surface area contributed by atoms with Crippen LogP contribution in [0, 0.1) is 5.82 Å². The third-order valence-corrected chi connectivity index (χ3v) is 2.74. The Bertz CT molecular complexity index is 598. The number of aliphatic hydroxyl groups is 2. The van der Waals surface area contributed by atoms with Gasteiger partial charge >= 0.3 is 11.6 Å². The average Bonchev–Trinajstić information content (AvgIpc) is 2.56. The van der Waals surface area contributed by atoms with Crippen LogP contribution in [0.2, 0.25) is 0 Å². The fourth-order valence-corrected chi connectivity index (χ4v) is 1.75. The van der Waals surface area contributed by atoms with Gasteiger partial charge in [-0.15, -0.1) is 0 Å². The van der Waals surface area contributed by atoms with Crippen LogP contribution < -0.4 is 11.2 Å². The average molecular weight is 282 g/mol. The van der Waals surface area contributed by atoms with Crippen LogP contribution in [-0.2, 0) is 4.74 Å². The molecule has 0 bridgehead atoms. The molecule has 2 rings (SSSR count). The SMILES string of the molecule is O=c1[nH]c(=O)n([C@H]2O[C@@H](CO)[C@H](O)C2(F)F)cc1F. The first-order valence-electron chi connectivity index (χ1n) is 5.12. The van der Waals surface area contributed by atoms with Gasteiger partial charge in [-0.2, -0.15) is 13.2 Å². The van der Waals surface area contributed by atoms with Crippen molar-refractivity contribution in [2.24, 2.45) is 0 Å². The van der Waals surface area contributed by atoms with E-state index in [-0.39, 0.29) is 10.8 Å². The van der Waals surface area contributed by atoms with E-state index in [1.807, 2.05) is 0 Å². The van der Waals surface area contributed by atoms with E-state index in [0.717, 1.165) is 0 Å². The van der Waals surface area contributed by atoms with Crippen LogP contribution in [0.1, 0.15) is 6.23 Å². The van der Waals surface area contributed by atoms with Gasteiger partial charge in [0.25, 0.3) is 5.56 Å². The van der Waals surface area contributed by atoms with Crippen LogP contribution in [-0.4, -0.2) is 44.5 Å². The highest BCUT2D eigenvalue weighted by atomic mass is 19.3. The minimum atomic E-state index is -3.93. The Morgan fingerprint density at radius 3 is 2.63 bits per heavy atom. The second-order valence-electron chi connectivity index (χ2n) is 3.97.